The van der Waals surface area contributed by atoms with E-state index in [1.54, 1.807) is 39.0 Å². The molecular formula is C20H20F3N3O2. The van der Waals surface area contributed by atoms with Crippen molar-refractivity contribution < 1.29 is 22.7 Å². The van der Waals surface area contributed by atoms with Gasteiger partial charge in [-0.05, 0) is 50.6 Å². The minimum absolute atomic E-state index is 0.238. The molecule has 0 spiro atoms. The number of ether oxygens (including phenoxy) is 1. The number of halogens is 3. The molecule has 0 saturated heterocycles. The zero-order valence-electron chi connectivity index (χ0n) is 15.6. The first-order valence-corrected chi connectivity index (χ1v) is 8.64. The highest BCUT2D eigenvalue weighted by molar-refractivity contribution is 5.80. The van der Waals surface area contributed by atoms with Gasteiger partial charge in [-0.3, -0.25) is 0 Å². The molecule has 1 amide bonds. The van der Waals surface area contributed by atoms with Gasteiger partial charge in [0, 0.05) is 12.1 Å². The van der Waals surface area contributed by atoms with Crippen molar-refractivity contribution in [2.24, 2.45) is 0 Å². The van der Waals surface area contributed by atoms with Crippen molar-refractivity contribution in [1.82, 2.24) is 15.3 Å². The SMILES string of the molecule is CC(C)(C)OC(=O)NCc1cccc(-c2nc3cc(C(F)(F)F)ccc3[nH]2)c1. The van der Waals surface area contributed by atoms with E-state index >= 15 is 0 Å². The smallest absolute Gasteiger partial charge is 0.416 e. The molecule has 1 aromatic heterocycles. The summed E-state index contributed by atoms with van der Waals surface area (Å²) in [7, 11) is 0. The van der Waals surface area contributed by atoms with Gasteiger partial charge >= 0.3 is 12.3 Å². The molecule has 8 heteroatoms. The molecule has 148 valence electrons. The van der Waals surface area contributed by atoms with E-state index in [9.17, 15) is 18.0 Å². The third kappa shape index (κ3) is 4.82. The molecule has 28 heavy (non-hydrogen) atoms. The lowest BCUT2D eigenvalue weighted by molar-refractivity contribution is -0.137. The number of amides is 1. The first-order chi connectivity index (χ1) is 13.0. The van der Waals surface area contributed by atoms with Crippen LogP contribution in [-0.2, 0) is 17.5 Å². The number of benzene rings is 2. The molecule has 3 rings (SSSR count). The standard InChI is InChI=1S/C20H20F3N3O2/c1-19(2,3)28-18(27)24-11-12-5-4-6-13(9-12)17-25-15-8-7-14(20(21,22)23)10-16(15)26-17/h4-10H,11H2,1-3H3,(H,24,27)(H,25,26). The Kier molecular flexibility index (Phi) is 5.06. The Morgan fingerprint density at radius 1 is 1.14 bits per heavy atom. The normalized spacial score (nSPS) is 12.2. The molecule has 0 bridgehead atoms. The number of fused-ring (bicyclic) bond motifs is 1. The highest BCUT2D eigenvalue weighted by Gasteiger charge is 2.30. The third-order valence-corrected chi connectivity index (χ3v) is 3.85. The molecule has 0 radical (unpaired) electrons. The monoisotopic (exact) mass is 391 g/mol. The maximum Gasteiger partial charge on any atom is 0.416 e. The molecule has 0 aliphatic heterocycles. The summed E-state index contributed by atoms with van der Waals surface area (Å²) in [5, 5.41) is 2.67. The van der Waals surface area contributed by atoms with Crippen molar-refractivity contribution in [3.05, 3.63) is 53.6 Å². The quantitative estimate of drug-likeness (QED) is 0.639. The zero-order chi connectivity index (χ0) is 20.5. The number of alkyl halides is 3. The van der Waals surface area contributed by atoms with Crippen LogP contribution >= 0.6 is 0 Å². The predicted octanol–water partition coefficient (Wildman–Crippen LogP) is 5.27. The fraction of sp³-hybridized carbons (Fsp3) is 0.300. The minimum Gasteiger partial charge on any atom is -0.444 e. The van der Waals surface area contributed by atoms with Gasteiger partial charge in [-0.1, -0.05) is 18.2 Å². The topological polar surface area (TPSA) is 67.0 Å². The highest BCUT2D eigenvalue weighted by Crippen LogP contribution is 2.31. The van der Waals surface area contributed by atoms with Gasteiger partial charge in [0.05, 0.1) is 16.6 Å². The molecule has 0 aliphatic rings. The maximum atomic E-state index is 12.9. The molecule has 0 saturated carbocycles. The van der Waals surface area contributed by atoms with Crippen LogP contribution in [0.15, 0.2) is 42.5 Å². The van der Waals surface area contributed by atoms with E-state index in [1.165, 1.54) is 6.07 Å². The Hall–Kier alpha value is -3.03. The van der Waals surface area contributed by atoms with Crippen LogP contribution in [0.25, 0.3) is 22.4 Å². The van der Waals surface area contributed by atoms with Crippen LogP contribution in [0.4, 0.5) is 18.0 Å². The first-order valence-electron chi connectivity index (χ1n) is 8.64. The van der Waals surface area contributed by atoms with Gasteiger partial charge < -0.3 is 15.0 Å². The fourth-order valence-corrected chi connectivity index (χ4v) is 2.64. The van der Waals surface area contributed by atoms with Crippen LogP contribution in [0, 0.1) is 0 Å². The number of nitrogens with one attached hydrogen (secondary N) is 2. The summed E-state index contributed by atoms with van der Waals surface area (Å²) in [6.07, 6.45) is -4.94. The van der Waals surface area contributed by atoms with Gasteiger partial charge in [0.25, 0.3) is 0 Å². The van der Waals surface area contributed by atoms with Gasteiger partial charge in [0.15, 0.2) is 0 Å². The number of H-pyrrole nitrogens is 1. The van der Waals surface area contributed by atoms with Gasteiger partial charge in [-0.2, -0.15) is 13.2 Å². The summed E-state index contributed by atoms with van der Waals surface area (Å²) in [4.78, 5) is 19.1. The summed E-state index contributed by atoms with van der Waals surface area (Å²) in [5.74, 6) is 0.452. The van der Waals surface area contributed by atoms with Gasteiger partial charge in [0.2, 0.25) is 0 Å². The lowest BCUT2D eigenvalue weighted by Gasteiger charge is -2.19. The summed E-state index contributed by atoms with van der Waals surface area (Å²) < 4.78 is 43.8. The van der Waals surface area contributed by atoms with Crippen molar-refractivity contribution in [1.29, 1.82) is 0 Å². The number of aromatic amines is 1. The number of hydrogen-bond donors (Lipinski definition) is 2. The van der Waals surface area contributed by atoms with E-state index in [1.807, 2.05) is 6.07 Å². The summed E-state index contributed by atoms with van der Waals surface area (Å²) in [6.45, 7) is 5.58. The van der Waals surface area contributed by atoms with Gasteiger partial charge in [-0.25, -0.2) is 9.78 Å². The predicted molar refractivity (Wildman–Crippen MR) is 99.6 cm³/mol. The van der Waals surface area contributed by atoms with Crippen LogP contribution in [0.5, 0.6) is 0 Å². The molecule has 2 aromatic carbocycles. The summed E-state index contributed by atoms with van der Waals surface area (Å²) in [6, 6.07) is 10.6. The number of hydrogen-bond acceptors (Lipinski definition) is 3. The summed E-state index contributed by atoms with van der Waals surface area (Å²) in [5.41, 5.74) is 0.930. The number of alkyl carbamates (subject to hydrolysis) is 1. The average molecular weight is 391 g/mol. The molecule has 1 heterocycles. The lowest BCUT2D eigenvalue weighted by Crippen LogP contribution is -2.32. The lowest BCUT2D eigenvalue weighted by atomic mass is 10.1. The van der Waals surface area contributed by atoms with E-state index in [-0.39, 0.29) is 12.1 Å². The Labute approximate surface area is 159 Å². The number of rotatable bonds is 3. The van der Waals surface area contributed by atoms with Crippen LogP contribution in [-0.4, -0.2) is 21.7 Å². The third-order valence-electron chi connectivity index (χ3n) is 3.85. The maximum absolute atomic E-state index is 12.9. The van der Waals surface area contributed by atoms with Crippen molar-refractivity contribution >= 4 is 17.1 Å². The van der Waals surface area contributed by atoms with Crippen molar-refractivity contribution in [2.45, 2.75) is 39.1 Å². The van der Waals surface area contributed by atoms with Crippen molar-refractivity contribution in [3.8, 4) is 11.4 Å². The second-order valence-corrected chi connectivity index (χ2v) is 7.37. The summed E-state index contributed by atoms with van der Waals surface area (Å²) >= 11 is 0. The molecule has 0 fully saturated rings. The second-order valence-electron chi connectivity index (χ2n) is 7.37. The van der Waals surface area contributed by atoms with E-state index < -0.39 is 23.4 Å². The van der Waals surface area contributed by atoms with Crippen LogP contribution in [0.2, 0.25) is 0 Å². The van der Waals surface area contributed by atoms with Crippen LogP contribution in [0.3, 0.4) is 0 Å². The van der Waals surface area contributed by atoms with E-state index in [2.05, 4.69) is 15.3 Å². The molecule has 0 aliphatic carbocycles. The highest BCUT2D eigenvalue weighted by atomic mass is 19.4. The number of nitrogens with zero attached hydrogens (tertiary/aromatic N) is 1. The van der Waals surface area contributed by atoms with Crippen LogP contribution in [0.1, 0.15) is 31.9 Å². The van der Waals surface area contributed by atoms with E-state index in [0.29, 0.717) is 16.9 Å². The molecule has 3 aromatic rings. The number of carbonyl (C=O) groups is 1. The van der Waals surface area contributed by atoms with E-state index in [0.717, 1.165) is 17.7 Å². The second kappa shape index (κ2) is 7.18. The molecule has 2 N–H and O–H groups in total. The van der Waals surface area contributed by atoms with Crippen molar-refractivity contribution in [2.75, 3.05) is 0 Å². The van der Waals surface area contributed by atoms with Crippen molar-refractivity contribution in [3.63, 3.8) is 0 Å². The number of carbonyl (C=O) groups excluding carboxylic acids is 1. The Bertz CT molecular complexity index is 1000. The molecule has 0 unspecified atom stereocenters. The molecular weight excluding hydrogens is 371 g/mol. The Morgan fingerprint density at radius 3 is 2.57 bits per heavy atom. The van der Waals surface area contributed by atoms with E-state index in [4.69, 9.17) is 4.74 Å². The minimum atomic E-state index is -4.42. The number of aromatic nitrogens is 2. The van der Waals surface area contributed by atoms with Gasteiger partial charge in [0.1, 0.15) is 11.4 Å². The zero-order valence-corrected chi connectivity index (χ0v) is 15.6. The Morgan fingerprint density at radius 2 is 1.89 bits per heavy atom. The fourth-order valence-electron chi connectivity index (χ4n) is 2.64. The first kappa shape index (κ1) is 19.7. The number of imidazole rings is 1. The molecule has 0 atom stereocenters. The van der Waals surface area contributed by atoms with Gasteiger partial charge in [-0.15, -0.1) is 0 Å². The molecule has 5 nitrogen and oxygen atoms in total. The average Bonchev–Trinajstić information content (AvgIpc) is 3.01. The Balaban J connectivity index is 1.79. The largest absolute Gasteiger partial charge is 0.444 e. The van der Waals surface area contributed by atoms with Crippen LogP contribution < -0.4 is 5.32 Å².